The maximum Gasteiger partial charge on any atom is 0.387 e. The molecule has 2 atom stereocenters. The molecule has 0 aliphatic rings. The van der Waals surface area contributed by atoms with Crippen molar-refractivity contribution in [3.63, 3.8) is 0 Å². The van der Waals surface area contributed by atoms with Crippen molar-refractivity contribution in [1.82, 2.24) is 0 Å². The average molecular weight is 368 g/mol. The first kappa shape index (κ1) is 21.7. The van der Waals surface area contributed by atoms with Crippen molar-refractivity contribution >= 4 is 36.8 Å². The SMILES string of the molecule is CC(O)C(=O)OOC(=O)CC(O)(CC(=O)OOC=O)C(=O)OOC=O. The van der Waals surface area contributed by atoms with Gasteiger partial charge >= 0.3 is 36.8 Å². The van der Waals surface area contributed by atoms with Gasteiger partial charge in [-0.25, -0.2) is 38.7 Å². The first-order valence-corrected chi connectivity index (χ1v) is 6.09. The molecule has 2 unspecified atom stereocenters. The largest absolute Gasteiger partial charge is 0.387 e. The predicted octanol–water partition coefficient (Wildman–Crippen LogP) is -2.86. The van der Waals surface area contributed by atoms with Gasteiger partial charge in [-0.1, -0.05) is 0 Å². The molecule has 2 N–H and O–H groups in total. The molecule has 0 spiro atoms. The molecule has 0 radical (unpaired) electrons. The zero-order valence-corrected chi connectivity index (χ0v) is 12.4. The lowest BCUT2D eigenvalue weighted by Gasteiger charge is -2.21. The zero-order valence-electron chi connectivity index (χ0n) is 12.4. The molecule has 0 aliphatic carbocycles. The molecule has 0 bridgehead atoms. The fourth-order valence-corrected chi connectivity index (χ4v) is 1.11. The van der Waals surface area contributed by atoms with Crippen molar-refractivity contribution in [2.45, 2.75) is 31.5 Å². The number of carbonyl (C=O) groups is 6. The third kappa shape index (κ3) is 8.24. The van der Waals surface area contributed by atoms with E-state index < -0.39 is 48.4 Å². The average Bonchev–Trinajstić information content (AvgIpc) is 2.55. The third-order valence-electron chi connectivity index (χ3n) is 2.15. The molecule has 140 valence electrons. The summed E-state index contributed by atoms with van der Waals surface area (Å²) in [5.74, 6) is -6.25. The molecule has 0 aliphatic heterocycles. The lowest BCUT2D eigenvalue weighted by atomic mass is 9.96. The van der Waals surface area contributed by atoms with Crippen molar-refractivity contribution < 1.29 is 68.3 Å². The van der Waals surface area contributed by atoms with E-state index in [4.69, 9.17) is 5.11 Å². The van der Waals surface area contributed by atoms with Gasteiger partial charge < -0.3 is 10.2 Å². The van der Waals surface area contributed by atoms with Crippen molar-refractivity contribution in [1.29, 1.82) is 0 Å². The number of rotatable bonds is 10. The van der Waals surface area contributed by atoms with Crippen LogP contribution in [0.25, 0.3) is 0 Å². The van der Waals surface area contributed by atoms with Crippen molar-refractivity contribution in [2.24, 2.45) is 0 Å². The lowest BCUT2D eigenvalue weighted by molar-refractivity contribution is -0.274. The van der Waals surface area contributed by atoms with E-state index in [1.165, 1.54) is 0 Å². The number of carbonyl (C=O) groups excluding carboxylic acids is 6. The van der Waals surface area contributed by atoms with Crippen molar-refractivity contribution in [3.05, 3.63) is 0 Å². The Morgan fingerprint density at radius 3 is 1.88 bits per heavy atom. The Kier molecular flexibility index (Phi) is 9.13. The predicted molar refractivity (Wildman–Crippen MR) is 64.5 cm³/mol. The van der Waals surface area contributed by atoms with Gasteiger partial charge in [0.2, 0.25) is 0 Å². The Morgan fingerprint density at radius 2 is 1.40 bits per heavy atom. The van der Waals surface area contributed by atoms with Crippen LogP contribution in [0.5, 0.6) is 0 Å². The van der Waals surface area contributed by atoms with Gasteiger partial charge in [-0.15, -0.1) is 0 Å². The molecule has 0 aromatic carbocycles. The molecule has 0 amide bonds. The van der Waals surface area contributed by atoms with Crippen LogP contribution in [-0.4, -0.2) is 58.7 Å². The van der Waals surface area contributed by atoms with Crippen molar-refractivity contribution in [3.8, 4) is 0 Å². The van der Waals surface area contributed by atoms with Crippen LogP contribution in [0.15, 0.2) is 0 Å². The molecular weight excluding hydrogens is 356 g/mol. The van der Waals surface area contributed by atoms with E-state index in [2.05, 4.69) is 29.3 Å². The van der Waals surface area contributed by atoms with E-state index in [9.17, 15) is 33.9 Å². The molecule has 0 saturated carbocycles. The third-order valence-corrected chi connectivity index (χ3v) is 2.15. The summed E-state index contributed by atoms with van der Waals surface area (Å²) in [7, 11) is 0. The summed E-state index contributed by atoms with van der Waals surface area (Å²) in [4.78, 5) is 87.7. The van der Waals surface area contributed by atoms with Gasteiger partial charge in [0.1, 0.15) is 0 Å². The van der Waals surface area contributed by atoms with E-state index in [0.29, 0.717) is 0 Å². The lowest BCUT2D eigenvalue weighted by Crippen LogP contribution is -2.45. The molecule has 14 nitrogen and oxygen atoms in total. The molecule has 0 fully saturated rings. The van der Waals surface area contributed by atoms with Gasteiger partial charge in [-0.3, -0.25) is 19.4 Å². The summed E-state index contributed by atoms with van der Waals surface area (Å²) in [6.07, 6.45) is -4.31. The molecule has 0 rings (SSSR count). The van der Waals surface area contributed by atoms with Crippen LogP contribution >= 0.6 is 0 Å². The van der Waals surface area contributed by atoms with E-state index in [-0.39, 0.29) is 12.9 Å². The highest BCUT2D eigenvalue weighted by Gasteiger charge is 2.45. The fourth-order valence-electron chi connectivity index (χ4n) is 1.11. The summed E-state index contributed by atoms with van der Waals surface area (Å²) >= 11 is 0. The van der Waals surface area contributed by atoms with Gasteiger partial charge in [0, 0.05) is 0 Å². The number of aliphatic hydroxyl groups is 2. The highest BCUT2D eigenvalue weighted by molar-refractivity contribution is 5.90. The van der Waals surface area contributed by atoms with Crippen molar-refractivity contribution in [2.75, 3.05) is 0 Å². The first-order valence-electron chi connectivity index (χ1n) is 6.09. The Bertz CT molecular complexity index is 525. The minimum Gasteiger partial charge on any atom is -0.382 e. The number of hydrogen-bond acceptors (Lipinski definition) is 14. The molecule has 25 heavy (non-hydrogen) atoms. The van der Waals surface area contributed by atoms with Crippen LogP contribution in [0, 0.1) is 0 Å². The van der Waals surface area contributed by atoms with Crippen LogP contribution in [0.3, 0.4) is 0 Å². The van der Waals surface area contributed by atoms with E-state index in [1.807, 2.05) is 0 Å². The van der Waals surface area contributed by atoms with Gasteiger partial charge in [-0.05, 0) is 6.92 Å². The number of aliphatic hydroxyl groups excluding tert-OH is 1. The maximum absolute atomic E-state index is 11.6. The maximum atomic E-state index is 11.6. The quantitative estimate of drug-likeness (QED) is 0.227. The minimum atomic E-state index is -3.01. The monoisotopic (exact) mass is 368 g/mol. The zero-order chi connectivity index (χ0) is 19.5. The Balaban J connectivity index is 4.98. The summed E-state index contributed by atoms with van der Waals surface area (Å²) in [5, 5.41) is 18.8. The minimum absolute atomic E-state index is 0.297. The summed E-state index contributed by atoms with van der Waals surface area (Å²) in [5.41, 5.74) is -3.01. The van der Waals surface area contributed by atoms with Crippen LogP contribution < -0.4 is 0 Å². The fraction of sp³-hybridized carbons (Fsp3) is 0.455. The van der Waals surface area contributed by atoms with Gasteiger partial charge in [0.05, 0.1) is 12.8 Å². The molecule has 14 heteroatoms. The summed E-state index contributed by atoms with van der Waals surface area (Å²) in [6.45, 7) is 0.340. The molecule has 0 aromatic heterocycles. The van der Waals surface area contributed by atoms with Crippen LogP contribution in [0.2, 0.25) is 0 Å². The Labute approximate surface area is 137 Å². The number of hydrogen-bond donors (Lipinski definition) is 2. The van der Waals surface area contributed by atoms with Gasteiger partial charge in [0.25, 0.3) is 0 Å². The first-order chi connectivity index (χ1) is 11.7. The van der Waals surface area contributed by atoms with E-state index in [1.54, 1.807) is 0 Å². The van der Waals surface area contributed by atoms with Crippen LogP contribution in [0.4, 0.5) is 0 Å². The molecule has 0 aromatic rings. The molecule has 0 saturated heterocycles. The molecule has 0 heterocycles. The highest BCUT2D eigenvalue weighted by atomic mass is 17.2. The smallest absolute Gasteiger partial charge is 0.382 e. The Morgan fingerprint density at radius 1 is 0.920 bits per heavy atom. The van der Waals surface area contributed by atoms with E-state index in [0.717, 1.165) is 6.92 Å². The van der Waals surface area contributed by atoms with Crippen LogP contribution in [-0.2, 0) is 58.1 Å². The summed E-state index contributed by atoms with van der Waals surface area (Å²) in [6, 6.07) is 0. The second-order valence-electron chi connectivity index (χ2n) is 4.13. The second kappa shape index (κ2) is 10.5. The standard InChI is InChI=1S/C11H12O14/c1-6(14)9(17)24-23-8(16)3-11(19,10(18)25-21-5-13)2-7(15)22-20-4-12/h4-6,14,19H,2-3H2,1H3. The Hall–Kier alpha value is -3.26. The van der Waals surface area contributed by atoms with E-state index >= 15 is 0 Å². The van der Waals surface area contributed by atoms with Crippen LogP contribution in [0.1, 0.15) is 19.8 Å². The topological polar surface area (TPSA) is 198 Å². The second-order valence-corrected chi connectivity index (χ2v) is 4.13. The molecular formula is C11H12O14. The normalized spacial score (nSPS) is 13.2. The highest BCUT2D eigenvalue weighted by Crippen LogP contribution is 2.20. The summed E-state index contributed by atoms with van der Waals surface area (Å²) < 4.78 is 0. The van der Waals surface area contributed by atoms with Gasteiger partial charge in [-0.2, -0.15) is 0 Å². The van der Waals surface area contributed by atoms with Gasteiger partial charge in [0.15, 0.2) is 11.7 Å².